The van der Waals surface area contributed by atoms with E-state index in [0.717, 1.165) is 9.87 Å². The van der Waals surface area contributed by atoms with Crippen LogP contribution in [0.4, 0.5) is 0 Å². The van der Waals surface area contributed by atoms with Crippen LogP contribution in [0.3, 0.4) is 0 Å². The number of hydrogen-bond acceptors (Lipinski definition) is 5. The normalized spacial score (nSPS) is 12.3. The van der Waals surface area contributed by atoms with Gasteiger partial charge < -0.3 is 15.0 Å². The zero-order valence-corrected chi connectivity index (χ0v) is 20.1. The van der Waals surface area contributed by atoms with Gasteiger partial charge in [-0.3, -0.25) is 9.59 Å². The number of likely N-dealkylation sites (N-methyl/N-ethyl adjacent to an activating group) is 2. The van der Waals surface area contributed by atoms with Crippen LogP contribution in [0.5, 0.6) is 5.75 Å². The van der Waals surface area contributed by atoms with Gasteiger partial charge in [-0.25, -0.2) is 8.42 Å². The van der Waals surface area contributed by atoms with Gasteiger partial charge in [0.15, 0.2) is 0 Å². The number of sulfonamides is 1. The van der Waals surface area contributed by atoms with E-state index in [4.69, 9.17) is 16.3 Å². The second-order valence-electron chi connectivity index (χ2n) is 7.16. The maximum atomic E-state index is 13.2. The lowest BCUT2D eigenvalue weighted by Gasteiger charge is -2.30. The molecule has 8 nitrogen and oxygen atoms in total. The summed E-state index contributed by atoms with van der Waals surface area (Å²) in [6.07, 6.45) is 0. The fraction of sp³-hybridized carbons (Fsp3) is 0.364. The van der Waals surface area contributed by atoms with Crippen molar-refractivity contribution in [2.75, 3.05) is 27.2 Å². The van der Waals surface area contributed by atoms with Crippen molar-refractivity contribution in [3.05, 3.63) is 59.1 Å². The summed E-state index contributed by atoms with van der Waals surface area (Å²) < 4.78 is 31.9. The fourth-order valence-corrected chi connectivity index (χ4v) is 4.27. The average molecular weight is 482 g/mol. The monoisotopic (exact) mass is 481 g/mol. The minimum absolute atomic E-state index is 0.0216. The van der Waals surface area contributed by atoms with Gasteiger partial charge in [0.05, 0.1) is 18.6 Å². The molecule has 0 radical (unpaired) electrons. The summed E-state index contributed by atoms with van der Waals surface area (Å²) in [6.45, 7) is 3.49. The summed E-state index contributed by atoms with van der Waals surface area (Å²) in [6, 6.07) is 12.0. The van der Waals surface area contributed by atoms with E-state index in [1.807, 2.05) is 0 Å². The van der Waals surface area contributed by atoms with Gasteiger partial charge in [-0.15, -0.1) is 0 Å². The van der Waals surface area contributed by atoms with Gasteiger partial charge in [0, 0.05) is 25.2 Å². The van der Waals surface area contributed by atoms with Crippen molar-refractivity contribution in [1.82, 2.24) is 14.5 Å². The van der Waals surface area contributed by atoms with Crippen molar-refractivity contribution in [2.24, 2.45) is 0 Å². The molecular weight excluding hydrogens is 454 g/mol. The Kier molecular flexibility index (Phi) is 9.06. The zero-order chi connectivity index (χ0) is 23.9. The average Bonchev–Trinajstić information content (AvgIpc) is 2.77. The van der Waals surface area contributed by atoms with Gasteiger partial charge in [-0.05, 0) is 55.8 Å². The Morgan fingerprint density at radius 2 is 1.81 bits per heavy atom. The molecule has 2 amide bonds. The second kappa shape index (κ2) is 11.3. The third-order valence-electron chi connectivity index (χ3n) is 4.89. The highest BCUT2D eigenvalue weighted by atomic mass is 35.5. The molecule has 0 heterocycles. The Labute approximate surface area is 194 Å². The Balaban J connectivity index is 2.27. The first-order chi connectivity index (χ1) is 15.1. The summed E-state index contributed by atoms with van der Waals surface area (Å²) in [5, 5.41) is 3.11. The van der Waals surface area contributed by atoms with Crippen LogP contribution in [0.15, 0.2) is 53.4 Å². The van der Waals surface area contributed by atoms with Crippen LogP contribution in [-0.2, 0) is 26.2 Å². The molecule has 2 rings (SSSR count). The number of nitrogens with one attached hydrogen (secondary N) is 1. The van der Waals surface area contributed by atoms with Crippen LogP contribution in [0, 0.1) is 0 Å². The molecule has 0 saturated carbocycles. The third kappa shape index (κ3) is 6.44. The minimum Gasteiger partial charge on any atom is -0.497 e. The second-order valence-corrected chi connectivity index (χ2v) is 9.64. The number of hydrogen-bond donors (Lipinski definition) is 1. The molecule has 2 aromatic rings. The molecule has 1 N–H and O–H groups in total. The highest BCUT2D eigenvalue weighted by molar-refractivity contribution is 7.89. The summed E-state index contributed by atoms with van der Waals surface area (Å²) in [5.41, 5.74) is 0.747. The van der Waals surface area contributed by atoms with Gasteiger partial charge in [0.1, 0.15) is 11.8 Å². The summed E-state index contributed by atoms with van der Waals surface area (Å²) in [5.74, 6) is -0.221. The van der Waals surface area contributed by atoms with Crippen molar-refractivity contribution in [3.63, 3.8) is 0 Å². The minimum atomic E-state index is -3.92. The van der Waals surface area contributed by atoms with Crippen LogP contribution in [0.1, 0.15) is 19.4 Å². The van der Waals surface area contributed by atoms with E-state index in [2.05, 4.69) is 5.32 Å². The Morgan fingerprint density at radius 3 is 2.41 bits per heavy atom. The molecule has 0 bridgehead atoms. The molecule has 0 spiro atoms. The maximum Gasteiger partial charge on any atom is 0.243 e. The molecule has 0 aliphatic heterocycles. The van der Waals surface area contributed by atoms with Crippen molar-refractivity contribution in [1.29, 1.82) is 0 Å². The first-order valence-electron chi connectivity index (χ1n) is 10.0. The van der Waals surface area contributed by atoms with Crippen LogP contribution in [-0.4, -0.2) is 62.7 Å². The van der Waals surface area contributed by atoms with Gasteiger partial charge in [0.25, 0.3) is 0 Å². The van der Waals surface area contributed by atoms with E-state index in [-0.39, 0.29) is 17.3 Å². The Hall–Kier alpha value is -2.62. The first kappa shape index (κ1) is 25.6. The number of ether oxygens (including phenoxy) is 1. The number of methoxy groups -OCH3 is 1. The largest absolute Gasteiger partial charge is 0.497 e. The molecule has 0 aliphatic rings. The lowest BCUT2D eigenvalue weighted by atomic mass is 10.1. The lowest BCUT2D eigenvalue weighted by Crippen LogP contribution is -2.50. The van der Waals surface area contributed by atoms with E-state index < -0.39 is 28.5 Å². The van der Waals surface area contributed by atoms with Crippen molar-refractivity contribution < 1.29 is 22.7 Å². The van der Waals surface area contributed by atoms with Gasteiger partial charge >= 0.3 is 0 Å². The standard InChI is InChI=1S/C22H28ClN3O5S/c1-5-24-22(28)16(2)26(14-17-7-6-8-19(13-17)31-4)21(27)15-25(3)32(29,30)20-11-9-18(23)10-12-20/h6-13,16H,5,14-15H2,1-4H3,(H,24,28). The zero-order valence-electron chi connectivity index (χ0n) is 18.5. The number of nitrogens with zero attached hydrogens (tertiary/aromatic N) is 2. The molecule has 0 fully saturated rings. The molecule has 32 heavy (non-hydrogen) atoms. The Morgan fingerprint density at radius 1 is 1.16 bits per heavy atom. The summed E-state index contributed by atoms with van der Waals surface area (Å²) in [7, 11) is -1.06. The molecule has 10 heteroatoms. The molecule has 0 aliphatic carbocycles. The lowest BCUT2D eigenvalue weighted by molar-refractivity contribution is -0.140. The van der Waals surface area contributed by atoms with Crippen LogP contribution in [0.25, 0.3) is 0 Å². The molecule has 1 unspecified atom stereocenters. The predicted molar refractivity (Wildman–Crippen MR) is 123 cm³/mol. The molecule has 2 aromatic carbocycles. The van der Waals surface area contributed by atoms with Crippen LogP contribution in [0.2, 0.25) is 5.02 Å². The van der Waals surface area contributed by atoms with E-state index >= 15 is 0 Å². The number of rotatable bonds is 10. The molecule has 0 saturated heterocycles. The van der Waals surface area contributed by atoms with Crippen LogP contribution >= 0.6 is 11.6 Å². The SMILES string of the molecule is CCNC(=O)C(C)N(Cc1cccc(OC)c1)C(=O)CN(C)S(=O)(=O)c1ccc(Cl)cc1. The van der Waals surface area contributed by atoms with Gasteiger partial charge in [0.2, 0.25) is 21.8 Å². The van der Waals surface area contributed by atoms with Crippen LogP contribution < -0.4 is 10.1 Å². The number of amides is 2. The van der Waals surface area contributed by atoms with E-state index in [1.54, 1.807) is 38.1 Å². The van der Waals surface area contributed by atoms with Gasteiger partial charge in [-0.2, -0.15) is 4.31 Å². The maximum absolute atomic E-state index is 13.2. The van der Waals surface area contributed by atoms with Gasteiger partial charge in [-0.1, -0.05) is 23.7 Å². The number of benzene rings is 2. The molecule has 1 atom stereocenters. The molecule has 0 aromatic heterocycles. The summed E-state index contributed by atoms with van der Waals surface area (Å²) in [4.78, 5) is 27.0. The summed E-state index contributed by atoms with van der Waals surface area (Å²) >= 11 is 5.84. The van der Waals surface area contributed by atoms with Crippen molar-refractivity contribution in [3.8, 4) is 5.75 Å². The Bertz CT molecular complexity index is 1040. The third-order valence-corrected chi connectivity index (χ3v) is 6.95. The smallest absolute Gasteiger partial charge is 0.243 e. The number of halogens is 1. The highest BCUT2D eigenvalue weighted by Crippen LogP contribution is 2.19. The number of carbonyl (C=O) groups excluding carboxylic acids is 2. The topological polar surface area (TPSA) is 96.0 Å². The first-order valence-corrected chi connectivity index (χ1v) is 11.8. The van der Waals surface area contributed by atoms with E-state index in [1.165, 1.54) is 43.3 Å². The van der Waals surface area contributed by atoms with E-state index in [9.17, 15) is 18.0 Å². The fourth-order valence-electron chi connectivity index (χ4n) is 3.02. The molecular formula is C22H28ClN3O5S. The van der Waals surface area contributed by atoms with Crippen molar-refractivity contribution in [2.45, 2.75) is 31.3 Å². The van der Waals surface area contributed by atoms with E-state index in [0.29, 0.717) is 17.3 Å². The molecule has 174 valence electrons. The number of carbonyl (C=O) groups is 2. The highest BCUT2D eigenvalue weighted by Gasteiger charge is 2.30. The quantitative estimate of drug-likeness (QED) is 0.562. The van der Waals surface area contributed by atoms with Crippen molar-refractivity contribution >= 4 is 33.4 Å². The predicted octanol–water partition coefficient (Wildman–Crippen LogP) is 2.52.